The smallest absolute Gasteiger partial charge is 0.0492 e. The Balaban J connectivity index is 2.48. The molecule has 1 nitrogen and oxygen atoms in total. The third-order valence-electron chi connectivity index (χ3n) is 4.48. The average Bonchev–Trinajstić information content (AvgIpc) is 2.53. The minimum Gasteiger partial charge on any atom is -0.296 e. The van der Waals surface area contributed by atoms with Crippen molar-refractivity contribution in [2.24, 2.45) is 11.3 Å². The summed E-state index contributed by atoms with van der Waals surface area (Å²) in [7, 11) is 2.28. The Bertz CT molecular complexity index is 261. The lowest BCUT2D eigenvalue weighted by Crippen LogP contribution is -2.54. The van der Waals surface area contributed by atoms with Gasteiger partial charge in [-0.2, -0.15) is 0 Å². The third kappa shape index (κ3) is 0.995. The number of hydrogen-bond acceptors (Lipinski definition) is 1. The summed E-state index contributed by atoms with van der Waals surface area (Å²) in [6.45, 7) is 12.7. The van der Waals surface area contributed by atoms with Crippen LogP contribution in [0.25, 0.3) is 0 Å². The van der Waals surface area contributed by atoms with Crippen molar-refractivity contribution in [1.29, 1.82) is 0 Å². The van der Waals surface area contributed by atoms with E-state index in [9.17, 15) is 0 Å². The summed E-state index contributed by atoms with van der Waals surface area (Å²) in [5.41, 5.74) is 2.11. The van der Waals surface area contributed by atoms with E-state index >= 15 is 0 Å². The minimum atomic E-state index is 0.299. The van der Waals surface area contributed by atoms with E-state index in [1.807, 2.05) is 0 Å². The maximum Gasteiger partial charge on any atom is 0.0492 e. The van der Waals surface area contributed by atoms with Gasteiger partial charge in [-0.15, -0.1) is 0 Å². The molecule has 2 atom stereocenters. The molecule has 1 aliphatic carbocycles. The molecule has 1 aliphatic heterocycles. The Morgan fingerprint density at radius 3 is 2.50 bits per heavy atom. The molecule has 1 heterocycles. The highest BCUT2D eigenvalue weighted by atomic mass is 15.2. The fraction of sp³-hybridized carbons (Fsp3) is 0.846. The van der Waals surface area contributed by atoms with Gasteiger partial charge in [0, 0.05) is 5.54 Å². The first-order valence-corrected chi connectivity index (χ1v) is 5.80. The van der Waals surface area contributed by atoms with Gasteiger partial charge in [-0.05, 0) is 44.2 Å². The van der Waals surface area contributed by atoms with Crippen LogP contribution >= 0.6 is 0 Å². The Morgan fingerprint density at radius 1 is 1.36 bits per heavy atom. The van der Waals surface area contributed by atoms with E-state index in [2.05, 4.69) is 39.3 Å². The first-order valence-electron chi connectivity index (χ1n) is 5.80. The highest BCUT2D eigenvalue weighted by Gasteiger charge is 2.58. The molecule has 1 saturated carbocycles. The van der Waals surface area contributed by atoms with Crippen LogP contribution < -0.4 is 0 Å². The quantitative estimate of drug-likeness (QED) is 0.534. The van der Waals surface area contributed by atoms with Crippen molar-refractivity contribution in [2.45, 2.75) is 45.6 Å². The summed E-state index contributed by atoms with van der Waals surface area (Å²) >= 11 is 0. The van der Waals surface area contributed by atoms with Crippen LogP contribution in [-0.2, 0) is 0 Å². The zero-order valence-corrected chi connectivity index (χ0v) is 10.1. The molecule has 0 radical (unpaired) electrons. The normalized spacial score (nSPS) is 39.1. The molecule has 80 valence electrons. The topological polar surface area (TPSA) is 3.24 Å². The molecule has 2 aliphatic rings. The van der Waals surface area contributed by atoms with Crippen LogP contribution in [0, 0.1) is 11.3 Å². The van der Waals surface area contributed by atoms with Crippen LogP contribution in [0.4, 0.5) is 0 Å². The number of rotatable bonds is 0. The molecule has 0 aromatic rings. The molecule has 1 heteroatoms. The predicted octanol–water partition coefficient (Wildman–Crippen LogP) is 3.07. The highest BCUT2D eigenvalue weighted by molar-refractivity contribution is 5.31. The van der Waals surface area contributed by atoms with E-state index in [1.54, 1.807) is 0 Å². The van der Waals surface area contributed by atoms with Crippen molar-refractivity contribution in [3.63, 3.8) is 0 Å². The number of fused-ring (bicyclic) bond motifs is 1. The molecule has 2 fully saturated rings. The Kier molecular flexibility index (Phi) is 2.08. The van der Waals surface area contributed by atoms with E-state index in [0.29, 0.717) is 11.0 Å². The zero-order chi connectivity index (χ0) is 10.6. The van der Waals surface area contributed by atoms with Crippen LogP contribution in [0.5, 0.6) is 0 Å². The SMILES string of the molecule is C=C1CCC2CCN(C)C12C(C)(C)C. The van der Waals surface area contributed by atoms with Gasteiger partial charge in [-0.3, -0.25) is 4.90 Å². The molecular formula is C13H23N. The average molecular weight is 193 g/mol. The fourth-order valence-electron chi connectivity index (χ4n) is 4.21. The number of hydrogen-bond donors (Lipinski definition) is 0. The van der Waals surface area contributed by atoms with Gasteiger partial charge in [0.25, 0.3) is 0 Å². The molecule has 0 spiro atoms. The highest BCUT2D eigenvalue weighted by Crippen LogP contribution is 2.57. The Morgan fingerprint density at radius 2 is 2.00 bits per heavy atom. The van der Waals surface area contributed by atoms with Gasteiger partial charge in [-0.25, -0.2) is 0 Å². The van der Waals surface area contributed by atoms with Crippen molar-refractivity contribution in [1.82, 2.24) is 4.90 Å². The monoisotopic (exact) mass is 193 g/mol. The first-order chi connectivity index (χ1) is 6.40. The lowest BCUT2D eigenvalue weighted by atomic mass is 9.66. The van der Waals surface area contributed by atoms with Crippen molar-refractivity contribution in [2.75, 3.05) is 13.6 Å². The van der Waals surface area contributed by atoms with Crippen LogP contribution in [0.2, 0.25) is 0 Å². The number of likely N-dealkylation sites (tertiary alicyclic amines) is 1. The van der Waals surface area contributed by atoms with Crippen molar-refractivity contribution >= 4 is 0 Å². The summed E-state index contributed by atoms with van der Waals surface area (Å²) in [4.78, 5) is 2.56. The molecule has 1 saturated heterocycles. The largest absolute Gasteiger partial charge is 0.296 e. The van der Waals surface area contributed by atoms with Crippen LogP contribution in [0.1, 0.15) is 40.0 Å². The molecule has 0 amide bonds. The van der Waals surface area contributed by atoms with E-state index in [-0.39, 0.29) is 0 Å². The summed E-state index contributed by atoms with van der Waals surface area (Å²) in [6, 6.07) is 0. The van der Waals surface area contributed by atoms with Gasteiger partial charge >= 0.3 is 0 Å². The molecular weight excluding hydrogens is 170 g/mol. The van der Waals surface area contributed by atoms with Crippen LogP contribution in [-0.4, -0.2) is 24.0 Å². The number of likely N-dealkylation sites (N-methyl/N-ethyl adjacent to an activating group) is 1. The summed E-state index contributed by atoms with van der Waals surface area (Å²) in [5, 5.41) is 0. The van der Waals surface area contributed by atoms with Crippen LogP contribution in [0.3, 0.4) is 0 Å². The van der Waals surface area contributed by atoms with Crippen molar-refractivity contribution in [3.8, 4) is 0 Å². The van der Waals surface area contributed by atoms with Gasteiger partial charge in [0.1, 0.15) is 0 Å². The summed E-state index contributed by atoms with van der Waals surface area (Å²) in [5.74, 6) is 0.861. The second kappa shape index (κ2) is 2.85. The molecule has 2 rings (SSSR count). The van der Waals surface area contributed by atoms with Crippen molar-refractivity contribution in [3.05, 3.63) is 12.2 Å². The van der Waals surface area contributed by atoms with Crippen molar-refractivity contribution < 1.29 is 0 Å². The third-order valence-corrected chi connectivity index (χ3v) is 4.48. The van der Waals surface area contributed by atoms with Crippen LogP contribution in [0.15, 0.2) is 12.2 Å². The molecule has 2 unspecified atom stereocenters. The molecule has 0 aromatic carbocycles. The van der Waals surface area contributed by atoms with Gasteiger partial charge in [0.15, 0.2) is 0 Å². The molecule has 0 bridgehead atoms. The second-order valence-corrected chi connectivity index (χ2v) is 6.07. The van der Waals surface area contributed by atoms with Gasteiger partial charge in [-0.1, -0.05) is 32.9 Å². The van der Waals surface area contributed by atoms with Gasteiger partial charge in [0.05, 0.1) is 0 Å². The first kappa shape index (κ1) is 10.2. The maximum absolute atomic E-state index is 4.34. The van der Waals surface area contributed by atoms with Gasteiger partial charge < -0.3 is 0 Å². The summed E-state index contributed by atoms with van der Waals surface area (Å²) in [6.07, 6.45) is 3.97. The second-order valence-electron chi connectivity index (χ2n) is 6.07. The van der Waals surface area contributed by atoms with Gasteiger partial charge in [0.2, 0.25) is 0 Å². The van der Waals surface area contributed by atoms with E-state index in [0.717, 1.165) is 5.92 Å². The van der Waals surface area contributed by atoms with E-state index in [4.69, 9.17) is 0 Å². The predicted molar refractivity (Wildman–Crippen MR) is 61.3 cm³/mol. The molecule has 0 N–H and O–H groups in total. The molecule has 0 aromatic heterocycles. The summed E-state index contributed by atoms with van der Waals surface area (Å²) < 4.78 is 0. The Hall–Kier alpha value is -0.300. The standard InChI is InChI=1S/C13H23N/c1-10-6-7-11-8-9-14(5)13(10,11)12(2,3)4/h11H,1,6-9H2,2-5H3. The van der Waals surface area contributed by atoms with E-state index in [1.165, 1.54) is 31.4 Å². The zero-order valence-electron chi connectivity index (χ0n) is 10.1. The fourth-order valence-corrected chi connectivity index (χ4v) is 4.21. The van der Waals surface area contributed by atoms with E-state index < -0.39 is 0 Å². The number of nitrogens with zero attached hydrogens (tertiary/aromatic N) is 1. The minimum absolute atomic E-state index is 0.299. The molecule has 14 heavy (non-hydrogen) atoms. The maximum atomic E-state index is 4.34. The lowest BCUT2D eigenvalue weighted by Gasteiger charge is -2.48. The lowest BCUT2D eigenvalue weighted by molar-refractivity contribution is 0.0620. The Labute approximate surface area is 88.2 Å².